The number of hydrogen-bond acceptors (Lipinski definition) is 2. The maximum Gasteiger partial charge on any atom is 0.101 e. The fourth-order valence-electron chi connectivity index (χ4n) is 1.61. The van der Waals surface area contributed by atoms with E-state index in [4.69, 9.17) is 11.6 Å². The van der Waals surface area contributed by atoms with Crippen LogP contribution in [0.15, 0.2) is 54.7 Å². The van der Waals surface area contributed by atoms with Crippen molar-refractivity contribution in [1.82, 2.24) is 0 Å². The van der Waals surface area contributed by atoms with Gasteiger partial charge in [-0.3, -0.25) is 0 Å². The van der Waals surface area contributed by atoms with Crippen molar-refractivity contribution in [2.75, 3.05) is 5.32 Å². The maximum absolute atomic E-state index is 9.18. The summed E-state index contributed by atoms with van der Waals surface area (Å²) in [7, 11) is 0. The highest BCUT2D eigenvalue weighted by Gasteiger charge is 2.00. The SMILES string of the molecule is Cc1ccc(N/C=C(/C#N)c2ccc(Cl)cc2)cc1. The number of nitriles is 1. The van der Waals surface area contributed by atoms with Crippen LogP contribution in [0.3, 0.4) is 0 Å². The van der Waals surface area contributed by atoms with Gasteiger partial charge in [-0.2, -0.15) is 5.26 Å². The van der Waals surface area contributed by atoms with Crippen molar-refractivity contribution in [3.05, 3.63) is 70.9 Å². The minimum absolute atomic E-state index is 0.567. The normalized spacial score (nSPS) is 10.9. The van der Waals surface area contributed by atoms with E-state index in [1.54, 1.807) is 18.3 Å². The number of aryl methyl sites for hydroxylation is 1. The van der Waals surface area contributed by atoms with Crippen molar-refractivity contribution < 1.29 is 0 Å². The molecule has 3 heteroatoms. The molecule has 0 unspecified atom stereocenters. The van der Waals surface area contributed by atoms with E-state index in [0.717, 1.165) is 11.3 Å². The molecule has 0 aliphatic carbocycles. The summed E-state index contributed by atoms with van der Waals surface area (Å²) < 4.78 is 0. The summed E-state index contributed by atoms with van der Waals surface area (Å²) in [6, 6.07) is 17.4. The monoisotopic (exact) mass is 268 g/mol. The topological polar surface area (TPSA) is 35.8 Å². The van der Waals surface area contributed by atoms with Crippen LogP contribution >= 0.6 is 11.6 Å². The molecule has 0 amide bonds. The molecule has 0 bridgehead atoms. The van der Waals surface area contributed by atoms with Crippen molar-refractivity contribution in [3.63, 3.8) is 0 Å². The quantitative estimate of drug-likeness (QED) is 0.824. The molecule has 0 atom stereocenters. The molecule has 0 fully saturated rings. The lowest BCUT2D eigenvalue weighted by atomic mass is 10.1. The maximum atomic E-state index is 9.18. The first-order valence-electron chi connectivity index (χ1n) is 5.88. The highest BCUT2D eigenvalue weighted by molar-refractivity contribution is 6.30. The molecule has 0 aromatic heterocycles. The molecular formula is C16H13ClN2. The highest BCUT2D eigenvalue weighted by Crippen LogP contribution is 2.17. The summed E-state index contributed by atoms with van der Waals surface area (Å²) in [5, 5.41) is 13.0. The smallest absolute Gasteiger partial charge is 0.101 e. The molecule has 0 saturated carbocycles. The Kier molecular flexibility index (Phi) is 4.22. The van der Waals surface area contributed by atoms with Gasteiger partial charge in [0.1, 0.15) is 6.07 Å². The lowest BCUT2D eigenvalue weighted by Crippen LogP contribution is -1.91. The summed E-state index contributed by atoms with van der Waals surface area (Å²) in [6.07, 6.45) is 1.70. The molecule has 0 aliphatic rings. The molecule has 2 nitrogen and oxygen atoms in total. The molecule has 1 N–H and O–H groups in total. The van der Waals surface area contributed by atoms with E-state index in [2.05, 4.69) is 11.4 Å². The molecule has 2 rings (SSSR count). The Bertz CT molecular complexity index is 619. The first kappa shape index (κ1) is 13.2. The minimum atomic E-state index is 0.567. The second kappa shape index (κ2) is 6.08. The average Bonchev–Trinajstić information content (AvgIpc) is 2.43. The van der Waals surface area contributed by atoms with Crippen LogP contribution in [-0.4, -0.2) is 0 Å². The van der Waals surface area contributed by atoms with Crippen molar-refractivity contribution in [2.24, 2.45) is 0 Å². The number of hydrogen-bond donors (Lipinski definition) is 1. The van der Waals surface area contributed by atoms with Gasteiger partial charge in [0.15, 0.2) is 0 Å². The van der Waals surface area contributed by atoms with Gasteiger partial charge in [0.05, 0.1) is 5.57 Å². The first-order chi connectivity index (χ1) is 9.19. The predicted molar refractivity (Wildman–Crippen MR) is 79.8 cm³/mol. The number of rotatable bonds is 3. The minimum Gasteiger partial charge on any atom is -0.360 e. The first-order valence-corrected chi connectivity index (χ1v) is 6.26. The zero-order valence-corrected chi connectivity index (χ0v) is 11.3. The Morgan fingerprint density at radius 1 is 1.11 bits per heavy atom. The van der Waals surface area contributed by atoms with E-state index in [0.29, 0.717) is 10.6 Å². The van der Waals surface area contributed by atoms with Crippen LogP contribution in [0.5, 0.6) is 0 Å². The van der Waals surface area contributed by atoms with E-state index in [-0.39, 0.29) is 0 Å². The van der Waals surface area contributed by atoms with E-state index in [9.17, 15) is 5.26 Å². The van der Waals surface area contributed by atoms with Gasteiger partial charge in [0, 0.05) is 16.9 Å². The molecule has 0 spiro atoms. The highest BCUT2D eigenvalue weighted by atomic mass is 35.5. The zero-order chi connectivity index (χ0) is 13.7. The molecule has 0 saturated heterocycles. The summed E-state index contributed by atoms with van der Waals surface area (Å²) in [5.41, 5.74) is 3.56. The third-order valence-corrected chi connectivity index (χ3v) is 2.96. The van der Waals surface area contributed by atoms with Gasteiger partial charge in [-0.25, -0.2) is 0 Å². The summed E-state index contributed by atoms with van der Waals surface area (Å²) in [4.78, 5) is 0. The third-order valence-electron chi connectivity index (χ3n) is 2.71. The van der Waals surface area contributed by atoms with Crippen LogP contribution in [0.25, 0.3) is 5.57 Å². The van der Waals surface area contributed by atoms with Gasteiger partial charge >= 0.3 is 0 Å². The van der Waals surface area contributed by atoms with Crippen molar-refractivity contribution in [2.45, 2.75) is 6.92 Å². The Labute approximate surface area is 118 Å². The summed E-state index contributed by atoms with van der Waals surface area (Å²) >= 11 is 5.83. The fourth-order valence-corrected chi connectivity index (χ4v) is 1.74. The standard InChI is InChI=1S/C16H13ClN2/c1-12-2-8-16(9-3-12)19-11-14(10-18)13-4-6-15(17)7-5-13/h2-9,11,19H,1H3/b14-11-. The van der Waals surface area contributed by atoms with Gasteiger partial charge in [0.25, 0.3) is 0 Å². The van der Waals surface area contributed by atoms with Crippen LogP contribution in [0, 0.1) is 18.3 Å². The molecule has 2 aromatic carbocycles. The van der Waals surface area contributed by atoms with E-state index < -0.39 is 0 Å². The number of nitrogens with zero attached hydrogens (tertiary/aromatic N) is 1. The number of allylic oxidation sites excluding steroid dienone is 1. The average molecular weight is 269 g/mol. The molecule has 19 heavy (non-hydrogen) atoms. The number of nitrogens with one attached hydrogen (secondary N) is 1. The van der Waals surface area contributed by atoms with Crippen molar-refractivity contribution in [3.8, 4) is 6.07 Å². The second-order valence-corrected chi connectivity index (χ2v) is 4.62. The number of benzene rings is 2. The van der Waals surface area contributed by atoms with Crippen LogP contribution in [-0.2, 0) is 0 Å². The third kappa shape index (κ3) is 3.61. The lowest BCUT2D eigenvalue weighted by Gasteiger charge is -2.03. The van der Waals surface area contributed by atoms with Crippen LogP contribution in [0.2, 0.25) is 5.02 Å². The zero-order valence-electron chi connectivity index (χ0n) is 10.5. The van der Waals surface area contributed by atoms with Gasteiger partial charge in [-0.1, -0.05) is 41.4 Å². The predicted octanol–water partition coefficient (Wildman–Crippen LogP) is 4.63. The van der Waals surface area contributed by atoms with Gasteiger partial charge in [-0.05, 0) is 36.8 Å². The summed E-state index contributed by atoms with van der Waals surface area (Å²) in [5.74, 6) is 0. The van der Waals surface area contributed by atoms with Crippen LogP contribution < -0.4 is 5.32 Å². The van der Waals surface area contributed by atoms with Crippen molar-refractivity contribution in [1.29, 1.82) is 5.26 Å². The molecule has 94 valence electrons. The van der Waals surface area contributed by atoms with Crippen LogP contribution in [0.1, 0.15) is 11.1 Å². The number of halogens is 1. The largest absolute Gasteiger partial charge is 0.360 e. The van der Waals surface area contributed by atoms with Gasteiger partial charge in [0.2, 0.25) is 0 Å². The Balaban J connectivity index is 2.18. The van der Waals surface area contributed by atoms with E-state index >= 15 is 0 Å². The number of anilines is 1. The fraction of sp³-hybridized carbons (Fsp3) is 0.0625. The second-order valence-electron chi connectivity index (χ2n) is 4.19. The molecule has 0 aliphatic heterocycles. The van der Waals surface area contributed by atoms with Crippen LogP contribution in [0.4, 0.5) is 5.69 Å². The van der Waals surface area contributed by atoms with Gasteiger partial charge < -0.3 is 5.32 Å². The van der Waals surface area contributed by atoms with E-state index in [1.165, 1.54) is 5.56 Å². The van der Waals surface area contributed by atoms with Gasteiger partial charge in [-0.15, -0.1) is 0 Å². The Hall–Kier alpha value is -2.24. The Morgan fingerprint density at radius 3 is 2.32 bits per heavy atom. The molecule has 2 aromatic rings. The molecule has 0 radical (unpaired) electrons. The molecular weight excluding hydrogens is 256 g/mol. The molecule has 0 heterocycles. The summed E-state index contributed by atoms with van der Waals surface area (Å²) in [6.45, 7) is 2.04. The lowest BCUT2D eigenvalue weighted by molar-refractivity contribution is 1.45. The van der Waals surface area contributed by atoms with Crippen molar-refractivity contribution >= 4 is 22.9 Å². The Morgan fingerprint density at radius 2 is 1.74 bits per heavy atom. The van der Waals surface area contributed by atoms with E-state index in [1.807, 2.05) is 43.3 Å².